The first kappa shape index (κ1) is 13.6. The number of hydrogen-bond acceptors (Lipinski definition) is 3. The van der Waals surface area contributed by atoms with E-state index < -0.39 is 9.84 Å². The van der Waals surface area contributed by atoms with E-state index in [1.807, 2.05) is 6.07 Å². The summed E-state index contributed by atoms with van der Waals surface area (Å²) >= 11 is 0. The van der Waals surface area contributed by atoms with Crippen molar-refractivity contribution in [2.75, 3.05) is 24.6 Å². The molecule has 0 radical (unpaired) electrons. The summed E-state index contributed by atoms with van der Waals surface area (Å²) in [6.07, 6.45) is 1.70. The van der Waals surface area contributed by atoms with Crippen molar-refractivity contribution < 1.29 is 8.42 Å². The molecule has 3 nitrogen and oxygen atoms in total. The summed E-state index contributed by atoms with van der Waals surface area (Å²) < 4.78 is 23.0. The molecular formula is C14H21NO2S. The minimum absolute atomic E-state index is 0.157. The maximum atomic E-state index is 11.5. The second kappa shape index (κ2) is 5.41. The van der Waals surface area contributed by atoms with Crippen LogP contribution in [0.5, 0.6) is 0 Å². The number of benzene rings is 1. The van der Waals surface area contributed by atoms with E-state index in [9.17, 15) is 8.42 Å². The Bertz CT molecular complexity index is 478. The number of hydrogen-bond donors (Lipinski definition) is 1. The van der Waals surface area contributed by atoms with Crippen molar-refractivity contribution in [3.8, 4) is 0 Å². The molecule has 4 heteroatoms. The molecular weight excluding hydrogens is 246 g/mol. The second-order valence-corrected chi connectivity index (χ2v) is 7.56. The molecule has 0 unspecified atom stereocenters. The minimum atomic E-state index is -2.83. The molecule has 1 N–H and O–H groups in total. The van der Waals surface area contributed by atoms with Gasteiger partial charge in [0.1, 0.15) is 9.84 Å². The van der Waals surface area contributed by atoms with Gasteiger partial charge in [0, 0.05) is 24.3 Å². The fourth-order valence-corrected chi connectivity index (χ4v) is 3.39. The fourth-order valence-electron chi connectivity index (χ4n) is 2.52. The maximum absolute atomic E-state index is 11.5. The lowest BCUT2D eigenvalue weighted by molar-refractivity contribution is 0.256. The molecule has 1 aliphatic rings. The predicted octanol–water partition coefficient (Wildman–Crippen LogP) is 1.74. The molecule has 2 rings (SSSR count). The maximum Gasteiger partial charge on any atom is 0.150 e. The Balaban J connectivity index is 1.98. The Kier molecular flexibility index (Phi) is 4.07. The zero-order valence-electron chi connectivity index (χ0n) is 10.9. The lowest BCUT2D eigenvalue weighted by Gasteiger charge is -2.43. The van der Waals surface area contributed by atoms with E-state index in [1.54, 1.807) is 6.92 Å². The number of sulfone groups is 1. The van der Waals surface area contributed by atoms with Gasteiger partial charge in [-0.1, -0.05) is 37.3 Å². The first-order chi connectivity index (χ1) is 8.58. The van der Waals surface area contributed by atoms with Gasteiger partial charge in [-0.25, -0.2) is 8.42 Å². The first-order valence-corrected chi connectivity index (χ1v) is 8.37. The van der Waals surface area contributed by atoms with Crippen molar-refractivity contribution in [2.24, 2.45) is 0 Å². The summed E-state index contributed by atoms with van der Waals surface area (Å²) in [5.41, 5.74) is 1.49. The van der Waals surface area contributed by atoms with Gasteiger partial charge < -0.3 is 5.32 Å². The molecule has 0 aliphatic carbocycles. The third kappa shape index (κ3) is 2.93. The standard InChI is InChI=1S/C14H21NO2S/c1-2-18(16,17)10-6-9-14(11-15-12-14)13-7-4-3-5-8-13/h3-5,7-8,15H,2,6,9-12H2,1H3. The van der Waals surface area contributed by atoms with Crippen LogP contribution in [0.25, 0.3) is 0 Å². The lowest BCUT2D eigenvalue weighted by Crippen LogP contribution is -2.56. The third-order valence-electron chi connectivity index (χ3n) is 3.86. The van der Waals surface area contributed by atoms with Gasteiger partial charge in [0.2, 0.25) is 0 Å². The van der Waals surface area contributed by atoms with Crippen molar-refractivity contribution in [3.05, 3.63) is 35.9 Å². The van der Waals surface area contributed by atoms with Gasteiger partial charge in [0.15, 0.2) is 0 Å². The molecule has 18 heavy (non-hydrogen) atoms. The molecule has 1 aliphatic heterocycles. The molecule has 0 spiro atoms. The van der Waals surface area contributed by atoms with Crippen LogP contribution >= 0.6 is 0 Å². The zero-order valence-corrected chi connectivity index (χ0v) is 11.7. The Labute approximate surface area is 110 Å². The Hall–Kier alpha value is -0.870. The Morgan fingerprint density at radius 3 is 2.39 bits per heavy atom. The van der Waals surface area contributed by atoms with Crippen molar-refractivity contribution in [1.29, 1.82) is 0 Å². The molecule has 0 atom stereocenters. The van der Waals surface area contributed by atoms with Crippen LogP contribution in [0.2, 0.25) is 0 Å². The van der Waals surface area contributed by atoms with E-state index in [4.69, 9.17) is 0 Å². The smallest absolute Gasteiger partial charge is 0.150 e. The molecule has 1 heterocycles. The van der Waals surface area contributed by atoms with Gasteiger partial charge >= 0.3 is 0 Å². The number of nitrogens with one attached hydrogen (secondary N) is 1. The largest absolute Gasteiger partial charge is 0.315 e. The van der Waals surface area contributed by atoms with Crippen LogP contribution in [0, 0.1) is 0 Å². The van der Waals surface area contributed by atoms with E-state index in [0.717, 1.165) is 25.9 Å². The number of rotatable bonds is 6. The average Bonchev–Trinajstić information content (AvgIpc) is 2.34. The fraction of sp³-hybridized carbons (Fsp3) is 0.571. The van der Waals surface area contributed by atoms with Crippen molar-refractivity contribution in [3.63, 3.8) is 0 Å². The van der Waals surface area contributed by atoms with Crippen LogP contribution in [0.4, 0.5) is 0 Å². The van der Waals surface area contributed by atoms with Crippen molar-refractivity contribution >= 4 is 9.84 Å². The lowest BCUT2D eigenvalue weighted by atomic mass is 9.72. The summed E-state index contributed by atoms with van der Waals surface area (Å²) in [4.78, 5) is 0. The van der Waals surface area contributed by atoms with Crippen LogP contribution in [0.15, 0.2) is 30.3 Å². The van der Waals surface area contributed by atoms with Crippen molar-refractivity contribution in [1.82, 2.24) is 5.32 Å². The minimum Gasteiger partial charge on any atom is -0.315 e. The summed E-state index contributed by atoms with van der Waals surface area (Å²) in [7, 11) is -2.83. The third-order valence-corrected chi connectivity index (χ3v) is 5.65. The molecule has 100 valence electrons. The summed E-state index contributed by atoms with van der Waals surface area (Å²) in [5, 5.41) is 3.31. The predicted molar refractivity (Wildman–Crippen MR) is 74.6 cm³/mol. The van der Waals surface area contributed by atoms with E-state index in [-0.39, 0.29) is 11.2 Å². The van der Waals surface area contributed by atoms with Crippen LogP contribution in [0.1, 0.15) is 25.3 Å². The molecule has 1 aromatic carbocycles. The highest BCUT2D eigenvalue weighted by Gasteiger charge is 2.37. The second-order valence-electron chi connectivity index (χ2n) is 5.09. The normalized spacial score (nSPS) is 18.3. The summed E-state index contributed by atoms with van der Waals surface area (Å²) in [6, 6.07) is 10.4. The van der Waals surface area contributed by atoms with Crippen LogP contribution in [0.3, 0.4) is 0 Å². The Morgan fingerprint density at radius 1 is 1.22 bits per heavy atom. The topological polar surface area (TPSA) is 46.2 Å². The molecule has 0 bridgehead atoms. The molecule has 1 fully saturated rings. The molecule has 0 aromatic heterocycles. The zero-order chi connectivity index (χ0) is 13.1. The monoisotopic (exact) mass is 267 g/mol. The van der Waals surface area contributed by atoms with E-state index >= 15 is 0 Å². The van der Waals surface area contributed by atoms with E-state index in [1.165, 1.54) is 5.56 Å². The highest BCUT2D eigenvalue weighted by molar-refractivity contribution is 7.91. The van der Waals surface area contributed by atoms with E-state index in [2.05, 4.69) is 29.6 Å². The van der Waals surface area contributed by atoms with Gasteiger partial charge in [0.05, 0.1) is 5.75 Å². The highest BCUT2D eigenvalue weighted by Crippen LogP contribution is 2.33. The van der Waals surface area contributed by atoms with Gasteiger partial charge in [-0.3, -0.25) is 0 Å². The first-order valence-electron chi connectivity index (χ1n) is 6.55. The van der Waals surface area contributed by atoms with Gasteiger partial charge in [-0.15, -0.1) is 0 Å². The van der Waals surface area contributed by atoms with Crippen molar-refractivity contribution in [2.45, 2.75) is 25.2 Å². The van der Waals surface area contributed by atoms with Crippen LogP contribution in [-0.4, -0.2) is 33.0 Å². The molecule has 1 saturated heterocycles. The van der Waals surface area contributed by atoms with Gasteiger partial charge in [0.25, 0.3) is 0 Å². The van der Waals surface area contributed by atoms with Gasteiger partial charge in [-0.2, -0.15) is 0 Å². The van der Waals surface area contributed by atoms with Gasteiger partial charge in [-0.05, 0) is 18.4 Å². The van der Waals surface area contributed by atoms with Crippen LogP contribution < -0.4 is 5.32 Å². The van der Waals surface area contributed by atoms with E-state index in [0.29, 0.717) is 5.75 Å². The summed E-state index contributed by atoms with van der Waals surface area (Å²) in [6.45, 7) is 3.64. The molecule has 0 amide bonds. The SMILES string of the molecule is CCS(=O)(=O)CCCC1(c2ccccc2)CNC1. The molecule has 1 aromatic rings. The quantitative estimate of drug-likeness (QED) is 0.854. The van der Waals surface area contributed by atoms with Crippen LogP contribution in [-0.2, 0) is 15.3 Å². The average molecular weight is 267 g/mol. The highest BCUT2D eigenvalue weighted by atomic mass is 32.2. The summed E-state index contributed by atoms with van der Waals surface area (Å²) in [5.74, 6) is 0.571. The molecule has 0 saturated carbocycles. The Morgan fingerprint density at radius 2 is 1.89 bits per heavy atom.